The maximum absolute atomic E-state index is 13.7. The second-order valence-electron chi connectivity index (χ2n) is 8.96. The molecule has 1 amide bonds. The predicted octanol–water partition coefficient (Wildman–Crippen LogP) is 5.23. The Balaban J connectivity index is 1.66. The summed E-state index contributed by atoms with van der Waals surface area (Å²) in [6.45, 7) is 4.41. The number of methoxy groups -OCH3 is 1. The number of fused-ring (bicyclic) bond motifs is 1. The van der Waals surface area contributed by atoms with Crippen molar-refractivity contribution in [2.75, 3.05) is 26.7 Å². The average Bonchev–Trinajstić information content (AvgIpc) is 3.32. The number of amides is 1. The van der Waals surface area contributed by atoms with Crippen LogP contribution in [0.4, 0.5) is 0 Å². The number of carbonyl (C=O) groups excluding carboxylic acids is 1. The van der Waals surface area contributed by atoms with Crippen LogP contribution in [0.2, 0.25) is 5.02 Å². The summed E-state index contributed by atoms with van der Waals surface area (Å²) < 4.78 is 33.5. The van der Waals surface area contributed by atoms with Gasteiger partial charge in [0.1, 0.15) is 5.75 Å². The molecular formula is C26H29ClN2O4S2. The van der Waals surface area contributed by atoms with E-state index in [2.05, 4.69) is 6.07 Å². The zero-order chi connectivity index (χ0) is 25.2. The number of hydrogen-bond donors (Lipinski definition) is 0. The highest BCUT2D eigenvalue weighted by Gasteiger charge is 2.35. The SMILES string of the molecule is COc1ccc(C2c3ccsc3CCN2C(=O)CN(CC(C)C)S(=O)(=O)c2ccc(Cl)cc2)cc1. The lowest BCUT2D eigenvalue weighted by Gasteiger charge is -2.37. The minimum atomic E-state index is -3.87. The van der Waals surface area contributed by atoms with Gasteiger partial charge in [-0.1, -0.05) is 37.6 Å². The Morgan fingerprint density at radius 2 is 1.83 bits per heavy atom. The normalized spacial score (nSPS) is 15.9. The van der Waals surface area contributed by atoms with E-state index in [0.29, 0.717) is 11.6 Å². The number of ether oxygens (including phenoxy) is 1. The van der Waals surface area contributed by atoms with Crippen molar-refractivity contribution in [3.63, 3.8) is 0 Å². The zero-order valence-corrected chi connectivity index (χ0v) is 22.4. The molecule has 6 nitrogen and oxygen atoms in total. The van der Waals surface area contributed by atoms with Crippen molar-refractivity contribution in [1.82, 2.24) is 9.21 Å². The number of nitrogens with zero attached hydrogens (tertiary/aromatic N) is 2. The molecule has 0 fully saturated rings. The number of rotatable bonds is 8. The van der Waals surface area contributed by atoms with E-state index in [1.54, 1.807) is 30.6 Å². The number of thiophene rings is 1. The Bertz CT molecular complexity index is 1270. The van der Waals surface area contributed by atoms with Gasteiger partial charge in [0.25, 0.3) is 0 Å². The van der Waals surface area contributed by atoms with Crippen LogP contribution in [0.1, 0.15) is 35.9 Å². The van der Waals surface area contributed by atoms with E-state index in [9.17, 15) is 13.2 Å². The topological polar surface area (TPSA) is 66.9 Å². The van der Waals surface area contributed by atoms with E-state index in [1.165, 1.54) is 21.3 Å². The van der Waals surface area contributed by atoms with Crippen molar-refractivity contribution >= 4 is 38.9 Å². The van der Waals surface area contributed by atoms with Crippen molar-refractivity contribution in [1.29, 1.82) is 0 Å². The van der Waals surface area contributed by atoms with E-state index in [-0.39, 0.29) is 35.9 Å². The summed E-state index contributed by atoms with van der Waals surface area (Å²) in [4.78, 5) is 16.9. The quantitative estimate of drug-likeness (QED) is 0.398. The minimum Gasteiger partial charge on any atom is -0.497 e. The summed E-state index contributed by atoms with van der Waals surface area (Å²) in [7, 11) is -2.26. The smallest absolute Gasteiger partial charge is 0.243 e. The Hall–Kier alpha value is -2.39. The summed E-state index contributed by atoms with van der Waals surface area (Å²) in [6.07, 6.45) is 0.750. The minimum absolute atomic E-state index is 0.0482. The van der Waals surface area contributed by atoms with Crippen molar-refractivity contribution < 1.29 is 17.9 Å². The molecule has 0 spiro atoms. The monoisotopic (exact) mass is 532 g/mol. The fourth-order valence-corrected chi connectivity index (χ4v) is 6.97. The van der Waals surface area contributed by atoms with E-state index in [0.717, 1.165) is 23.3 Å². The fraction of sp³-hybridized carbons (Fsp3) is 0.346. The molecular weight excluding hydrogens is 504 g/mol. The highest BCUT2D eigenvalue weighted by atomic mass is 35.5. The lowest BCUT2D eigenvalue weighted by atomic mass is 9.93. The van der Waals surface area contributed by atoms with Crippen molar-refractivity contribution in [3.05, 3.63) is 81.0 Å². The summed E-state index contributed by atoms with van der Waals surface area (Å²) in [5.74, 6) is 0.568. The number of carbonyl (C=O) groups is 1. The number of halogens is 1. The molecule has 0 N–H and O–H groups in total. The van der Waals surface area contributed by atoms with Gasteiger partial charge in [-0.25, -0.2) is 8.42 Å². The maximum atomic E-state index is 13.7. The molecule has 0 aliphatic carbocycles. The Morgan fingerprint density at radius 1 is 1.14 bits per heavy atom. The van der Waals surface area contributed by atoms with Crippen LogP contribution in [-0.4, -0.2) is 50.3 Å². The molecule has 0 saturated heterocycles. The highest BCUT2D eigenvalue weighted by molar-refractivity contribution is 7.89. The van der Waals surface area contributed by atoms with Crippen LogP contribution in [0.15, 0.2) is 64.9 Å². The summed E-state index contributed by atoms with van der Waals surface area (Å²) in [5, 5.41) is 2.50. The van der Waals surface area contributed by atoms with Crippen LogP contribution in [0.3, 0.4) is 0 Å². The standard InChI is InChI=1S/C26H29ClN2O4S2/c1-18(2)16-28(35(31,32)22-10-6-20(27)7-11-22)17-25(30)29-14-12-24-23(13-15-34-24)26(29)19-4-8-21(33-3)9-5-19/h4-11,13,15,18,26H,12,14,16-17H2,1-3H3. The van der Waals surface area contributed by atoms with Crippen LogP contribution >= 0.6 is 22.9 Å². The fourth-order valence-electron chi connectivity index (χ4n) is 4.38. The van der Waals surface area contributed by atoms with Crippen LogP contribution in [0, 0.1) is 5.92 Å². The third kappa shape index (κ3) is 5.56. The Morgan fingerprint density at radius 3 is 2.46 bits per heavy atom. The molecule has 35 heavy (non-hydrogen) atoms. The molecule has 1 unspecified atom stereocenters. The van der Waals surface area contributed by atoms with Gasteiger partial charge in [-0.05, 0) is 71.3 Å². The highest BCUT2D eigenvalue weighted by Crippen LogP contribution is 2.38. The maximum Gasteiger partial charge on any atom is 0.243 e. The first kappa shape index (κ1) is 25.7. The van der Waals surface area contributed by atoms with Gasteiger partial charge in [0.05, 0.1) is 24.6 Å². The molecule has 1 atom stereocenters. The Labute approximate surface area is 216 Å². The van der Waals surface area contributed by atoms with Crippen LogP contribution < -0.4 is 4.74 Å². The summed E-state index contributed by atoms with van der Waals surface area (Å²) in [5.41, 5.74) is 2.06. The second-order valence-corrected chi connectivity index (χ2v) is 12.3. The van der Waals surface area contributed by atoms with Gasteiger partial charge in [-0.15, -0.1) is 11.3 Å². The second kappa shape index (κ2) is 10.7. The van der Waals surface area contributed by atoms with Gasteiger partial charge in [0.2, 0.25) is 15.9 Å². The molecule has 2 heterocycles. The average molecular weight is 533 g/mol. The molecule has 186 valence electrons. The molecule has 0 bridgehead atoms. The van der Waals surface area contributed by atoms with Crippen LogP contribution in [0.25, 0.3) is 0 Å². The van der Waals surface area contributed by atoms with Gasteiger partial charge in [-0.3, -0.25) is 4.79 Å². The first-order valence-corrected chi connectivity index (χ1v) is 14.2. The lowest BCUT2D eigenvalue weighted by Crippen LogP contribution is -2.47. The molecule has 4 rings (SSSR count). The first-order chi connectivity index (χ1) is 16.7. The van der Waals surface area contributed by atoms with Crippen molar-refractivity contribution in [2.45, 2.75) is 31.2 Å². The van der Waals surface area contributed by atoms with Gasteiger partial charge in [0, 0.05) is 23.0 Å². The third-order valence-corrected chi connectivity index (χ3v) is 9.12. The van der Waals surface area contributed by atoms with Crippen LogP contribution in [-0.2, 0) is 21.2 Å². The van der Waals surface area contributed by atoms with Gasteiger partial charge in [-0.2, -0.15) is 4.31 Å². The molecule has 1 aliphatic heterocycles. The third-order valence-electron chi connectivity index (χ3n) is 6.05. The van der Waals surface area contributed by atoms with Gasteiger partial charge >= 0.3 is 0 Å². The van der Waals surface area contributed by atoms with Gasteiger partial charge in [0.15, 0.2) is 0 Å². The van der Waals surface area contributed by atoms with Crippen molar-refractivity contribution in [2.24, 2.45) is 5.92 Å². The Kier molecular flexibility index (Phi) is 7.86. The zero-order valence-electron chi connectivity index (χ0n) is 20.0. The molecule has 1 aromatic heterocycles. The molecule has 1 aliphatic rings. The first-order valence-electron chi connectivity index (χ1n) is 11.5. The lowest BCUT2D eigenvalue weighted by molar-refractivity contribution is -0.133. The number of sulfonamides is 1. The molecule has 9 heteroatoms. The molecule has 3 aromatic rings. The van der Waals surface area contributed by atoms with Crippen molar-refractivity contribution in [3.8, 4) is 5.75 Å². The number of hydrogen-bond acceptors (Lipinski definition) is 5. The van der Waals surface area contributed by atoms with E-state index >= 15 is 0 Å². The van der Waals surface area contributed by atoms with E-state index in [1.807, 2.05) is 48.4 Å². The predicted molar refractivity (Wildman–Crippen MR) is 140 cm³/mol. The van der Waals surface area contributed by atoms with E-state index < -0.39 is 10.0 Å². The molecule has 0 radical (unpaired) electrons. The molecule has 0 saturated carbocycles. The van der Waals surface area contributed by atoms with Gasteiger partial charge < -0.3 is 9.64 Å². The van der Waals surface area contributed by atoms with E-state index in [4.69, 9.17) is 16.3 Å². The summed E-state index contributed by atoms with van der Waals surface area (Å²) >= 11 is 7.65. The molecule has 2 aromatic carbocycles. The largest absolute Gasteiger partial charge is 0.497 e. The summed E-state index contributed by atoms with van der Waals surface area (Å²) in [6, 6.07) is 15.5. The van der Waals surface area contributed by atoms with Crippen LogP contribution in [0.5, 0.6) is 5.75 Å². The number of benzene rings is 2.